The number of benzene rings is 3. The van der Waals surface area contributed by atoms with Crippen LogP contribution >= 0.6 is 0 Å². The highest BCUT2D eigenvalue weighted by molar-refractivity contribution is 7.97. The molecule has 0 aromatic heterocycles. The minimum Gasteiger partial charge on any atom is -0.748 e. The number of aliphatic hydroxyl groups excluding tert-OH is 1. The first-order valence-corrected chi connectivity index (χ1v) is 10.8. The van der Waals surface area contributed by atoms with Crippen LogP contribution in [-0.4, -0.2) is 30.4 Å². The van der Waals surface area contributed by atoms with Gasteiger partial charge in [0.15, 0.2) is 14.7 Å². The highest BCUT2D eigenvalue weighted by Crippen LogP contribution is 2.30. The summed E-state index contributed by atoms with van der Waals surface area (Å²) in [5.41, 5.74) is 0. The number of aliphatic hydroxyl groups is 1. The zero-order valence-electron chi connectivity index (χ0n) is 14.1. The SMILES string of the molecule is O=S(=O)([O-])CCO.c1ccc([S+](c2ccccc2)c2ccccc2)cc1. The molecular formula is C20H20O4S2. The molecule has 0 aliphatic carbocycles. The first-order chi connectivity index (χ1) is 12.5. The Labute approximate surface area is 157 Å². The van der Waals surface area contributed by atoms with Gasteiger partial charge in [-0.1, -0.05) is 54.6 Å². The van der Waals surface area contributed by atoms with Gasteiger partial charge in [-0.25, -0.2) is 8.42 Å². The van der Waals surface area contributed by atoms with E-state index in [1.54, 1.807) is 0 Å². The minimum atomic E-state index is -4.17. The Morgan fingerprint density at radius 3 is 1.19 bits per heavy atom. The van der Waals surface area contributed by atoms with Gasteiger partial charge in [0, 0.05) is 0 Å². The maximum atomic E-state index is 9.52. The van der Waals surface area contributed by atoms with Crippen molar-refractivity contribution in [1.29, 1.82) is 0 Å². The molecule has 0 saturated heterocycles. The van der Waals surface area contributed by atoms with Crippen LogP contribution in [0.1, 0.15) is 0 Å². The lowest BCUT2D eigenvalue weighted by Gasteiger charge is -2.07. The monoisotopic (exact) mass is 388 g/mol. The molecule has 6 heteroatoms. The molecule has 0 fully saturated rings. The Bertz CT molecular complexity index is 774. The summed E-state index contributed by atoms with van der Waals surface area (Å²) in [7, 11) is -4.19. The first kappa shape index (κ1) is 20.2. The van der Waals surface area contributed by atoms with E-state index in [1.165, 1.54) is 14.7 Å². The van der Waals surface area contributed by atoms with Gasteiger partial charge in [0.2, 0.25) is 0 Å². The smallest absolute Gasteiger partial charge is 0.166 e. The largest absolute Gasteiger partial charge is 0.748 e. The van der Waals surface area contributed by atoms with Crippen LogP contribution in [0.15, 0.2) is 106 Å². The molecule has 0 aliphatic rings. The summed E-state index contributed by atoms with van der Waals surface area (Å²) in [5, 5.41) is 7.82. The van der Waals surface area contributed by atoms with Crippen molar-refractivity contribution in [3.63, 3.8) is 0 Å². The molecular weight excluding hydrogens is 368 g/mol. The molecule has 0 spiro atoms. The summed E-state index contributed by atoms with van der Waals surface area (Å²) in [6, 6.07) is 32.2. The summed E-state index contributed by atoms with van der Waals surface area (Å²) >= 11 is 0. The number of hydrogen-bond donors (Lipinski definition) is 1. The van der Waals surface area contributed by atoms with Gasteiger partial charge in [-0.05, 0) is 36.4 Å². The Hall–Kier alpha value is -2.12. The van der Waals surface area contributed by atoms with E-state index in [0.717, 1.165) is 0 Å². The zero-order valence-corrected chi connectivity index (χ0v) is 15.7. The van der Waals surface area contributed by atoms with Crippen molar-refractivity contribution >= 4 is 21.0 Å². The average molecular weight is 389 g/mol. The fourth-order valence-corrected chi connectivity index (χ4v) is 4.52. The lowest BCUT2D eigenvalue weighted by molar-refractivity contribution is 0.314. The van der Waals surface area contributed by atoms with Crippen molar-refractivity contribution in [1.82, 2.24) is 0 Å². The Balaban J connectivity index is 0.000000298. The molecule has 0 saturated carbocycles. The van der Waals surface area contributed by atoms with Crippen molar-refractivity contribution in [3.05, 3.63) is 91.0 Å². The quantitative estimate of drug-likeness (QED) is 0.537. The van der Waals surface area contributed by atoms with E-state index in [4.69, 9.17) is 5.11 Å². The van der Waals surface area contributed by atoms with Gasteiger partial charge in [-0.2, -0.15) is 0 Å². The third-order valence-electron chi connectivity index (χ3n) is 3.28. The van der Waals surface area contributed by atoms with Crippen molar-refractivity contribution < 1.29 is 18.1 Å². The number of hydrogen-bond acceptors (Lipinski definition) is 4. The second kappa shape index (κ2) is 10.1. The summed E-state index contributed by atoms with van der Waals surface area (Å²) in [6.45, 7) is -0.591. The second-order valence-corrected chi connectivity index (χ2v) is 8.78. The lowest BCUT2D eigenvalue weighted by Crippen LogP contribution is -2.07. The average Bonchev–Trinajstić information content (AvgIpc) is 2.64. The molecule has 3 aromatic rings. The van der Waals surface area contributed by atoms with Crippen LogP contribution in [-0.2, 0) is 21.0 Å². The summed E-state index contributed by atoms with van der Waals surface area (Å²) in [5.74, 6) is -0.688. The zero-order chi connectivity index (χ0) is 18.8. The van der Waals surface area contributed by atoms with Crippen molar-refractivity contribution in [2.24, 2.45) is 0 Å². The molecule has 26 heavy (non-hydrogen) atoms. The fourth-order valence-electron chi connectivity index (χ4n) is 2.19. The van der Waals surface area contributed by atoms with E-state index >= 15 is 0 Å². The van der Waals surface area contributed by atoms with Crippen LogP contribution < -0.4 is 0 Å². The van der Waals surface area contributed by atoms with E-state index in [-0.39, 0.29) is 10.9 Å². The van der Waals surface area contributed by atoms with Crippen molar-refractivity contribution in [3.8, 4) is 0 Å². The topological polar surface area (TPSA) is 77.4 Å². The molecule has 0 aliphatic heterocycles. The molecule has 0 atom stereocenters. The van der Waals surface area contributed by atoms with Crippen LogP contribution in [0.25, 0.3) is 0 Å². The van der Waals surface area contributed by atoms with Gasteiger partial charge in [0.05, 0.1) is 33.4 Å². The predicted molar refractivity (Wildman–Crippen MR) is 103 cm³/mol. The molecule has 136 valence electrons. The molecule has 1 N–H and O–H groups in total. The lowest BCUT2D eigenvalue weighted by atomic mass is 10.4. The molecule has 0 radical (unpaired) electrons. The third-order valence-corrected chi connectivity index (χ3v) is 6.19. The standard InChI is InChI=1S/C18H15S.C2H6O4S/c1-4-10-16(11-5-1)19(17-12-6-2-7-13-17)18-14-8-3-9-15-18;3-1-2-7(4,5)6/h1-15H;3H,1-2H2,(H,4,5,6)/q+1;/p-1. The van der Waals surface area contributed by atoms with Crippen LogP contribution in [0.5, 0.6) is 0 Å². The van der Waals surface area contributed by atoms with Crippen molar-refractivity contribution in [2.75, 3.05) is 12.4 Å². The molecule has 3 rings (SSSR count). The Morgan fingerprint density at radius 1 is 0.692 bits per heavy atom. The van der Waals surface area contributed by atoms with Crippen LogP contribution in [0.3, 0.4) is 0 Å². The molecule has 4 nitrogen and oxygen atoms in total. The molecule has 0 heterocycles. The maximum absolute atomic E-state index is 9.52. The number of rotatable bonds is 5. The summed E-state index contributed by atoms with van der Waals surface area (Å²) in [6.07, 6.45) is 0. The van der Waals surface area contributed by atoms with Crippen LogP contribution in [0.4, 0.5) is 0 Å². The van der Waals surface area contributed by atoms with Gasteiger partial charge in [0.1, 0.15) is 0 Å². The Morgan fingerprint density at radius 2 is 1.00 bits per heavy atom. The van der Waals surface area contributed by atoms with Crippen LogP contribution in [0.2, 0.25) is 0 Å². The highest BCUT2D eigenvalue weighted by atomic mass is 32.2. The molecule has 0 unspecified atom stereocenters. The highest BCUT2D eigenvalue weighted by Gasteiger charge is 2.27. The normalized spacial score (nSPS) is 10.9. The van der Waals surface area contributed by atoms with Gasteiger partial charge >= 0.3 is 0 Å². The third kappa shape index (κ3) is 6.65. The van der Waals surface area contributed by atoms with Gasteiger partial charge < -0.3 is 9.66 Å². The maximum Gasteiger partial charge on any atom is 0.166 e. The van der Waals surface area contributed by atoms with Gasteiger partial charge in [-0.15, -0.1) is 0 Å². The fraction of sp³-hybridized carbons (Fsp3) is 0.100. The van der Waals surface area contributed by atoms with Gasteiger partial charge in [-0.3, -0.25) is 0 Å². The van der Waals surface area contributed by atoms with Crippen molar-refractivity contribution in [2.45, 2.75) is 14.7 Å². The van der Waals surface area contributed by atoms with Gasteiger partial charge in [0.25, 0.3) is 0 Å². The van der Waals surface area contributed by atoms with E-state index in [9.17, 15) is 13.0 Å². The molecule has 0 amide bonds. The van der Waals surface area contributed by atoms with E-state index in [2.05, 4.69) is 91.0 Å². The Kier molecular flexibility index (Phi) is 7.87. The first-order valence-electron chi connectivity index (χ1n) is 7.95. The van der Waals surface area contributed by atoms with E-state index < -0.39 is 22.5 Å². The van der Waals surface area contributed by atoms with E-state index in [0.29, 0.717) is 0 Å². The molecule has 3 aromatic carbocycles. The predicted octanol–water partition coefficient (Wildman–Crippen LogP) is 3.31. The molecule has 0 bridgehead atoms. The van der Waals surface area contributed by atoms with Crippen LogP contribution in [0, 0.1) is 0 Å². The second-order valence-electron chi connectivity index (χ2n) is 5.23. The summed E-state index contributed by atoms with van der Waals surface area (Å²) < 4.78 is 28.5. The van der Waals surface area contributed by atoms with E-state index in [1.807, 2.05) is 0 Å². The summed E-state index contributed by atoms with van der Waals surface area (Å²) in [4.78, 5) is 4.08. The minimum absolute atomic E-state index is 0.0146.